The van der Waals surface area contributed by atoms with Crippen molar-refractivity contribution in [2.45, 2.75) is 63.5 Å². The van der Waals surface area contributed by atoms with Crippen LogP contribution in [0.5, 0.6) is 0 Å². The number of furan rings is 1. The first-order chi connectivity index (χ1) is 11.8. The van der Waals surface area contributed by atoms with Crippen LogP contribution in [0.3, 0.4) is 0 Å². The minimum Gasteiger partial charge on any atom is -0.459 e. The van der Waals surface area contributed by atoms with E-state index in [0.717, 1.165) is 32.4 Å². The van der Waals surface area contributed by atoms with Crippen molar-refractivity contribution >= 4 is 5.91 Å². The van der Waals surface area contributed by atoms with Crippen molar-refractivity contribution < 1.29 is 14.3 Å². The number of rotatable bonds is 6. The fourth-order valence-electron chi connectivity index (χ4n) is 4.24. The van der Waals surface area contributed by atoms with Crippen LogP contribution in [0.4, 0.5) is 0 Å². The molecule has 1 aromatic heterocycles. The number of aliphatic hydroxyl groups excluding tert-OH is 1. The average Bonchev–Trinajstić information content (AvgIpc) is 3.17. The number of likely N-dealkylation sites (tertiary alicyclic amines) is 1. The van der Waals surface area contributed by atoms with Crippen molar-refractivity contribution in [3.8, 4) is 0 Å². The number of piperidine rings is 1. The molecule has 1 aliphatic heterocycles. The quantitative estimate of drug-likeness (QED) is 0.839. The number of hydrogen-bond acceptors (Lipinski definition) is 4. The van der Waals surface area contributed by atoms with Crippen LogP contribution >= 0.6 is 0 Å². The summed E-state index contributed by atoms with van der Waals surface area (Å²) >= 11 is 0. The Bertz CT molecular complexity index is 489. The third-order valence-corrected chi connectivity index (χ3v) is 5.62. The number of aliphatic hydroxyl groups is 1. The van der Waals surface area contributed by atoms with Crippen LogP contribution in [0.1, 0.15) is 61.9 Å². The highest BCUT2D eigenvalue weighted by Gasteiger charge is 2.29. The van der Waals surface area contributed by atoms with Crippen molar-refractivity contribution in [2.75, 3.05) is 19.7 Å². The second kappa shape index (κ2) is 8.67. The summed E-state index contributed by atoms with van der Waals surface area (Å²) in [5.74, 6) is 1.13. The molecular weight excluding hydrogens is 304 g/mol. The number of carbonyl (C=O) groups is 1. The van der Waals surface area contributed by atoms with E-state index >= 15 is 0 Å². The molecule has 0 aromatic carbocycles. The molecule has 3 rings (SSSR count). The van der Waals surface area contributed by atoms with Gasteiger partial charge < -0.3 is 19.7 Å². The number of nitrogens with zero attached hydrogens (tertiary/aromatic N) is 1. The third-order valence-electron chi connectivity index (χ3n) is 5.62. The molecule has 5 heteroatoms. The van der Waals surface area contributed by atoms with E-state index in [1.807, 2.05) is 4.90 Å². The predicted molar refractivity (Wildman–Crippen MR) is 92.8 cm³/mol. The first-order valence-electron chi connectivity index (χ1n) is 9.47. The lowest BCUT2D eigenvalue weighted by Crippen LogP contribution is -2.50. The zero-order valence-electron chi connectivity index (χ0n) is 14.5. The van der Waals surface area contributed by atoms with Crippen LogP contribution in [0.2, 0.25) is 0 Å². The molecule has 5 nitrogen and oxygen atoms in total. The molecule has 0 radical (unpaired) electrons. The highest BCUT2D eigenvalue weighted by atomic mass is 16.3. The van der Waals surface area contributed by atoms with Gasteiger partial charge in [-0.3, -0.25) is 4.79 Å². The Morgan fingerprint density at radius 3 is 2.62 bits per heavy atom. The Morgan fingerprint density at radius 1 is 1.25 bits per heavy atom. The van der Waals surface area contributed by atoms with Crippen LogP contribution < -0.4 is 5.32 Å². The Labute approximate surface area is 144 Å². The highest BCUT2D eigenvalue weighted by molar-refractivity contribution is 5.91. The number of hydrogen-bond donors (Lipinski definition) is 2. The molecule has 1 unspecified atom stereocenters. The molecule has 0 spiro atoms. The second-order valence-electron chi connectivity index (χ2n) is 7.23. The van der Waals surface area contributed by atoms with E-state index in [2.05, 4.69) is 5.32 Å². The Morgan fingerprint density at radius 2 is 2.00 bits per heavy atom. The zero-order valence-corrected chi connectivity index (χ0v) is 14.5. The highest BCUT2D eigenvalue weighted by Crippen LogP contribution is 2.28. The van der Waals surface area contributed by atoms with Gasteiger partial charge in [0.05, 0.1) is 6.26 Å². The van der Waals surface area contributed by atoms with E-state index in [1.165, 1.54) is 32.1 Å². The van der Waals surface area contributed by atoms with E-state index in [0.29, 0.717) is 23.8 Å². The summed E-state index contributed by atoms with van der Waals surface area (Å²) in [6, 6.07) is 4.36. The van der Waals surface area contributed by atoms with E-state index in [4.69, 9.17) is 4.42 Å². The SMILES string of the molecule is O=C(c1ccco1)N1CCC(NC(CCO)C2CCCCC2)CC1. The van der Waals surface area contributed by atoms with Crippen molar-refractivity contribution in [2.24, 2.45) is 5.92 Å². The summed E-state index contributed by atoms with van der Waals surface area (Å²) in [5.41, 5.74) is 0. The molecule has 2 N–H and O–H groups in total. The maximum atomic E-state index is 12.3. The topological polar surface area (TPSA) is 65.7 Å². The molecule has 1 atom stereocenters. The first-order valence-corrected chi connectivity index (χ1v) is 9.47. The van der Waals surface area contributed by atoms with Crippen LogP contribution in [0.25, 0.3) is 0 Å². The molecule has 0 bridgehead atoms. The van der Waals surface area contributed by atoms with Crippen molar-refractivity contribution in [3.05, 3.63) is 24.2 Å². The monoisotopic (exact) mass is 334 g/mol. The number of carbonyl (C=O) groups excluding carboxylic acids is 1. The van der Waals surface area contributed by atoms with Gasteiger partial charge >= 0.3 is 0 Å². The minimum atomic E-state index is -0.00219. The number of amides is 1. The van der Waals surface area contributed by atoms with Gasteiger partial charge in [0.25, 0.3) is 5.91 Å². The smallest absolute Gasteiger partial charge is 0.289 e. The maximum absolute atomic E-state index is 12.3. The number of nitrogens with one attached hydrogen (secondary N) is 1. The van der Waals surface area contributed by atoms with Crippen LogP contribution in [-0.2, 0) is 0 Å². The lowest BCUT2D eigenvalue weighted by Gasteiger charge is -2.37. The van der Waals surface area contributed by atoms with E-state index in [1.54, 1.807) is 18.4 Å². The molecule has 1 saturated carbocycles. The normalized spacial score (nSPS) is 21.8. The molecule has 24 heavy (non-hydrogen) atoms. The maximum Gasteiger partial charge on any atom is 0.289 e. The molecule has 1 amide bonds. The van der Waals surface area contributed by atoms with Crippen molar-refractivity contribution in [3.63, 3.8) is 0 Å². The molecular formula is C19H30N2O3. The molecule has 1 aliphatic carbocycles. The van der Waals surface area contributed by atoms with Crippen LogP contribution in [0.15, 0.2) is 22.8 Å². The zero-order chi connectivity index (χ0) is 16.8. The van der Waals surface area contributed by atoms with Gasteiger partial charge in [-0.1, -0.05) is 19.3 Å². The average molecular weight is 334 g/mol. The van der Waals surface area contributed by atoms with Gasteiger partial charge in [-0.2, -0.15) is 0 Å². The van der Waals surface area contributed by atoms with Crippen molar-refractivity contribution in [1.29, 1.82) is 0 Å². The summed E-state index contributed by atoms with van der Waals surface area (Å²) in [5, 5.41) is 13.2. The Balaban J connectivity index is 1.49. The molecule has 2 heterocycles. The lowest BCUT2D eigenvalue weighted by molar-refractivity contribution is 0.0662. The van der Waals surface area contributed by atoms with E-state index < -0.39 is 0 Å². The fourth-order valence-corrected chi connectivity index (χ4v) is 4.24. The summed E-state index contributed by atoms with van der Waals surface area (Å²) in [7, 11) is 0. The molecule has 1 saturated heterocycles. The van der Waals surface area contributed by atoms with Gasteiger partial charge in [-0.05, 0) is 50.2 Å². The summed E-state index contributed by atoms with van der Waals surface area (Å²) in [6.45, 7) is 1.80. The van der Waals surface area contributed by atoms with Gasteiger partial charge in [-0.25, -0.2) is 0 Å². The van der Waals surface area contributed by atoms with Gasteiger partial charge in [0.1, 0.15) is 0 Å². The lowest BCUT2D eigenvalue weighted by atomic mass is 9.82. The third kappa shape index (κ3) is 4.39. The molecule has 2 aliphatic rings. The Kier molecular flexibility index (Phi) is 6.32. The van der Waals surface area contributed by atoms with E-state index in [9.17, 15) is 9.90 Å². The van der Waals surface area contributed by atoms with E-state index in [-0.39, 0.29) is 12.5 Å². The molecule has 2 fully saturated rings. The molecule has 1 aromatic rings. The fraction of sp³-hybridized carbons (Fsp3) is 0.737. The van der Waals surface area contributed by atoms with Gasteiger partial charge in [0.15, 0.2) is 5.76 Å². The van der Waals surface area contributed by atoms with Crippen LogP contribution in [-0.4, -0.2) is 47.7 Å². The summed E-state index contributed by atoms with van der Waals surface area (Å²) < 4.78 is 5.22. The minimum absolute atomic E-state index is 0.00219. The van der Waals surface area contributed by atoms with Gasteiger partial charge in [-0.15, -0.1) is 0 Å². The summed E-state index contributed by atoms with van der Waals surface area (Å²) in [6.07, 6.45) is 10.9. The van der Waals surface area contributed by atoms with Crippen molar-refractivity contribution in [1.82, 2.24) is 10.2 Å². The van der Waals surface area contributed by atoms with Gasteiger partial charge in [0.2, 0.25) is 0 Å². The standard InChI is InChI=1S/C19H30N2O3/c22-13-10-17(15-5-2-1-3-6-15)20-16-8-11-21(12-9-16)19(23)18-7-4-14-24-18/h4,7,14-17,20,22H,1-3,5-6,8-13H2. The first kappa shape index (κ1) is 17.5. The molecule has 134 valence electrons. The van der Waals surface area contributed by atoms with Gasteiger partial charge in [0, 0.05) is 31.8 Å². The largest absolute Gasteiger partial charge is 0.459 e. The second-order valence-corrected chi connectivity index (χ2v) is 7.23. The van der Waals surface area contributed by atoms with Crippen LogP contribution in [0, 0.1) is 5.92 Å². The predicted octanol–water partition coefficient (Wildman–Crippen LogP) is 2.81. The summed E-state index contributed by atoms with van der Waals surface area (Å²) in [4.78, 5) is 14.2. The Hall–Kier alpha value is -1.33.